The van der Waals surface area contributed by atoms with E-state index in [1.54, 1.807) is 11.7 Å². The first-order valence-corrected chi connectivity index (χ1v) is 6.68. The molecule has 0 unspecified atom stereocenters. The van der Waals surface area contributed by atoms with Crippen LogP contribution in [0.5, 0.6) is 0 Å². The number of aromatic nitrogens is 2. The maximum Gasteiger partial charge on any atom is 0.178 e. The zero-order valence-corrected chi connectivity index (χ0v) is 11.9. The van der Waals surface area contributed by atoms with Gasteiger partial charge in [-0.25, -0.2) is 8.78 Å². The monoisotopic (exact) mass is 302 g/mol. The smallest absolute Gasteiger partial charge is 0.178 e. The fourth-order valence-electron chi connectivity index (χ4n) is 1.97. The van der Waals surface area contributed by atoms with E-state index in [9.17, 15) is 8.78 Å². The summed E-state index contributed by atoms with van der Waals surface area (Å²) in [5, 5.41) is 0. The quantitative estimate of drug-likeness (QED) is 0.631. The minimum atomic E-state index is -0.638. The van der Waals surface area contributed by atoms with Crippen molar-refractivity contribution in [2.75, 3.05) is 26.9 Å². The summed E-state index contributed by atoms with van der Waals surface area (Å²) in [6, 6.07) is 2.11. The van der Waals surface area contributed by atoms with Gasteiger partial charge in [0.1, 0.15) is 11.3 Å². The molecule has 7 heteroatoms. The van der Waals surface area contributed by atoms with Crippen molar-refractivity contribution in [2.45, 2.75) is 13.0 Å². The highest BCUT2D eigenvalue weighted by atomic mass is 32.1. The van der Waals surface area contributed by atoms with Gasteiger partial charge in [-0.05, 0) is 24.7 Å². The first-order valence-electron chi connectivity index (χ1n) is 6.27. The van der Waals surface area contributed by atoms with E-state index >= 15 is 0 Å². The highest BCUT2D eigenvalue weighted by Gasteiger charge is 2.10. The Kier molecular flexibility index (Phi) is 5.22. The summed E-state index contributed by atoms with van der Waals surface area (Å²) in [6.07, 6.45) is 0.698. The second-order valence-electron chi connectivity index (χ2n) is 4.32. The number of aryl methyl sites for hydroxylation is 1. The van der Waals surface area contributed by atoms with Crippen LogP contribution in [0.15, 0.2) is 12.1 Å². The summed E-state index contributed by atoms with van der Waals surface area (Å²) >= 11 is 5.13. The molecule has 0 atom stereocenters. The molecule has 2 aromatic rings. The molecule has 0 saturated heterocycles. The molecule has 1 aromatic heterocycles. The summed E-state index contributed by atoms with van der Waals surface area (Å²) in [7, 11) is 1.61. The van der Waals surface area contributed by atoms with Crippen molar-refractivity contribution >= 4 is 23.3 Å². The van der Waals surface area contributed by atoms with Gasteiger partial charge in [-0.1, -0.05) is 0 Å². The maximum atomic E-state index is 13.6. The van der Waals surface area contributed by atoms with Crippen molar-refractivity contribution in [2.24, 2.45) is 0 Å². The number of aromatic amines is 1. The van der Waals surface area contributed by atoms with E-state index in [4.69, 9.17) is 21.7 Å². The van der Waals surface area contributed by atoms with Crippen LogP contribution in [-0.2, 0) is 16.0 Å². The average Bonchev–Trinajstić information content (AvgIpc) is 2.71. The highest BCUT2D eigenvalue weighted by molar-refractivity contribution is 7.71. The van der Waals surface area contributed by atoms with E-state index in [0.29, 0.717) is 43.1 Å². The molecule has 20 heavy (non-hydrogen) atoms. The van der Waals surface area contributed by atoms with Gasteiger partial charge in [0.2, 0.25) is 0 Å². The Morgan fingerprint density at radius 2 is 2.05 bits per heavy atom. The van der Waals surface area contributed by atoms with Gasteiger partial charge in [0.05, 0.1) is 18.7 Å². The third-order valence-corrected chi connectivity index (χ3v) is 3.23. The number of hydrogen-bond acceptors (Lipinski definition) is 3. The number of fused-ring (bicyclic) bond motifs is 1. The number of H-pyrrole nitrogens is 1. The first kappa shape index (κ1) is 15.1. The van der Waals surface area contributed by atoms with E-state index in [-0.39, 0.29) is 5.52 Å². The van der Waals surface area contributed by atoms with Crippen LogP contribution in [0.25, 0.3) is 11.0 Å². The van der Waals surface area contributed by atoms with Gasteiger partial charge in [-0.15, -0.1) is 0 Å². The molecule has 2 rings (SSSR count). The van der Waals surface area contributed by atoms with Crippen molar-refractivity contribution < 1.29 is 18.3 Å². The van der Waals surface area contributed by atoms with Gasteiger partial charge in [0, 0.05) is 26.3 Å². The molecule has 1 heterocycles. The Bertz CT molecular complexity index is 639. The molecule has 0 radical (unpaired) electrons. The predicted octanol–water partition coefficient (Wildman–Crippen LogP) is 3.03. The number of hydrogen-bond donors (Lipinski definition) is 1. The number of ether oxygens (including phenoxy) is 2. The van der Waals surface area contributed by atoms with Crippen molar-refractivity contribution in [1.29, 1.82) is 0 Å². The number of rotatable bonds is 7. The average molecular weight is 302 g/mol. The third-order valence-electron chi connectivity index (χ3n) is 2.90. The number of nitrogens with one attached hydrogen (secondary N) is 1. The zero-order chi connectivity index (χ0) is 14.5. The third kappa shape index (κ3) is 3.41. The van der Waals surface area contributed by atoms with E-state index in [1.165, 1.54) is 6.07 Å². The van der Waals surface area contributed by atoms with Gasteiger partial charge in [-0.3, -0.25) is 0 Å². The lowest BCUT2D eigenvalue weighted by Gasteiger charge is -2.06. The normalized spacial score (nSPS) is 11.3. The van der Waals surface area contributed by atoms with Gasteiger partial charge < -0.3 is 19.0 Å². The van der Waals surface area contributed by atoms with E-state index in [2.05, 4.69) is 4.98 Å². The van der Waals surface area contributed by atoms with Crippen molar-refractivity contribution in [3.05, 3.63) is 28.5 Å². The van der Waals surface area contributed by atoms with Crippen LogP contribution in [0.3, 0.4) is 0 Å². The molecule has 0 aliphatic heterocycles. The van der Waals surface area contributed by atoms with Gasteiger partial charge >= 0.3 is 0 Å². The molecule has 0 amide bonds. The SMILES string of the molecule is COCCOCCCn1c(=S)[nH]c2c(F)cc(F)cc21. The number of halogens is 2. The van der Waals surface area contributed by atoms with E-state index in [1.807, 2.05) is 0 Å². The molecular formula is C13H16F2N2O2S. The summed E-state index contributed by atoms with van der Waals surface area (Å²) in [5.74, 6) is -1.25. The highest BCUT2D eigenvalue weighted by Crippen LogP contribution is 2.19. The molecule has 110 valence electrons. The van der Waals surface area contributed by atoms with Gasteiger partial charge in [0.15, 0.2) is 10.6 Å². The molecule has 4 nitrogen and oxygen atoms in total. The second-order valence-corrected chi connectivity index (χ2v) is 4.71. The Morgan fingerprint density at radius 3 is 2.80 bits per heavy atom. The summed E-state index contributed by atoms with van der Waals surface area (Å²) in [5.41, 5.74) is 0.668. The van der Waals surface area contributed by atoms with Crippen molar-refractivity contribution in [1.82, 2.24) is 9.55 Å². The van der Waals surface area contributed by atoms with Crippen LogP contribution >= 0.6 is 12.2 Å². The van der Waals surface area contributed by atoms with E-state index < -0.39 is 11.6 Å². The van der Waals surface area contributed by atoms with Crippen LogP contribution in [0.4, 0.5) is 8.78 Å². The molecule has 0 fully saturated rings. The largest absolute Gasteiger partial charge is 0.382 e. The first-order chi connectivity index (χ1) is 9.63. The van der Waals surface area contributed by atoms with E-state index in [0.717, 1.165) is 6.07 Å². The predicted molar refractivity (Wildman–Crippen MR) is 74.4 cm³/mol. The topological polar surface area (TPSA) is 39.2 Å². The lowest BCUT2D eigenvalue weighted by molar-refractivity contribution is 0.0681. The van der Waals surface area contributed by atoms with Crippen LogP contribution in [-0.4, -0.2) is 36.5 Å². The Hall–Kier alpha value is -1.31. The number of imidazole rings is 1. The van der Waals surface area contributed by atoms with Crippen LogP contribution in [0, 0.1) is 16.4 Å². The standard InChI is InChI=1S/C13H16F2N2O2S/c1-18-5-6-19-4-2-3-17-11-8-9(14)7-10(15)12(11)16-13(17)20/h7-8H,2-6H2,1H3,(H,16,20). The number of methoxy groups -OCH3 is 1. The Balaban J connectivity index is 2.06. The van der Waals surface area contributed by atoms with Gasteiger partial charge in [0.25, 0.3) is 0 Å². The lowest BCUT2D eigenvalue weighted by atomic mass is 10.3. The molecule has 0 spiro atoms. The minimum Gasteiger partial charge on any atom is -0.382 e. The number of benzene rings is 1. The molecule has 1 N–H and O–H groups in total. The molecular weight excluding hydrogens is 286 g/mol. The van der Waals surface area contributed by atoms with Crippen molar-refractivity contribution in [3.8, 4) is 0 Å². The molecule has 0 aliphatic carbocycles. The summed E-state index contributed by atoms with van der Waals surface area (Å²) in [4.78, 5) is 2.76. The Labute approximate surface area is 120 Å². The Morgan fingerprint density at radius 1 is 1.25 bits per heavy atom. The van der Waals surface area contributed by atoms with Crippen LogP contribution in [0.1, 0.15) is 6.42 Å². The lowest BCUT2D eigenvalue weighted by Crippen LogP contribution is -2.06. The summed E-state index contributed by atoms with van der Waals surface area (Å²) < 4.78 is 39.1. The molecule has 0 bridgehead atoms. The molecule has 1 aromatic carbocycles. The molecule has 0 saturated carbocycles. The van der Waals surface area contributed by atoms with Crippen molar-refractivity contribution in [3.63, 3.8) is 0 Å². The molecule has 0 aliphatic rings. The fourth-order valence-corrected chi connectivity index (χ4v) is 2.26. The zero-order valence-electron chi connectivity index (χ0n) is 11.1. The van der Waals surface area contributed by atoms with Crippen LogP contribution in [0.2, 0.25) is 0 Å². The number of nitrogens with zero attached hydrogens (tertiary/aromatic N) is 1. The van der Waals surface area contributed by atoms with Gasteiger partial charge in [-0.2, -0.15) is 0 Å². The summed E-state index contributed by atoms with van der Waals surface area (Å²) in [6.45, 7) is 2.15. The fraction of sp³-hybridized carbons (Fsp3) is 0.462. The second kappa shape index (κ2) is 6.92. The van der Waals surface area contributed by atoms with Crippen LogP contribution < -0.4 is 0 Å². The maximum absolute atomic E-state index is 13.6. The minimum absolute atomic E-state index is 0.233.